The van der Waals surface area contributed by atoms with Gasteiger partial charge in [0.25, 0.3) is 0 Å². The second kappa shape index (κ2) is 10.9. The van der Waals surface area contributed by atoms with Gasteiger partial charge in [0.15, 0.2) is 0 Å². The van der Waals surface area contributed by atoms with E-state index >= 15 is 0 Å². The van der Waals surface area contributed by atoms with E-state index in [1.54, 1.807) is 4.90 Å². The molecule has 1 aliphatic rings. The van der Waals surface area contributed by atoms with Crippen molar-refractivity contribution in [1.29, 1.82) is 0 Å². The summed E-state index contributed by atoms with van der Waals surface area (Å²) >= 11 is 0. The van der Waals surface area contributed by atoms with Crippen molar-refractivity contribution in [2.45, 2.75) is 71.5 Å². The number of aliphatic hydroxyl groups excluding tert-OH is 1. The number of likely N-dealkylation sites (tertiary alicyclic amines) is 1. The summed E-state index contributed by atoms with van der Waals surface area (Å²) in [5.74, 6) is 0.0336. The molecule has 1 aliphatic heterocycles. The maximum atomic E-state index is 12.3. The van der Waals surface area contributed by atoms with Gasteiger partial charge in [-0.3, -0.25) is 9.59 Å². The molecule has 8 nitrogen and oxygen atoms in total. The zero-order valence-corrected chi connectivity index (χ0v) is 17.2. The number of nitrogens with zero attached hydrogens (tertiary/aromatic N) is 1. The number of aliphatic hydroxyl groups is 1. The summed E-state index contributed by atoms with van der Waals surface area (Å²) in [6.07, 6.45) is 3.27. The molecule has 0 aromatic rings. The fraction of sp³-hybridized carbons (Fsp3) is 0.895. The summed E-state index contributed by atoms with van der Waals surface area (Å²) in [7, 11) is 0. The zero-order valence-electron chi connectivity index (χ0n) is 17.2. The molecule has 0 bridgehead atoms. The van der Waals surface area contributed by atoms with Crippen LogP contribution in [0.15, 0.2) is 0 Å². The van der Waals surface area contributed by atoms with E-state index in [1.165, 1.54) is 0 Å². The first-order chi connectivity index (χ1) is 12.6. The third-order valence-electron chi connectivity index (χ3n) is 4.81. The number of hydrogen-bond acceptors (Lipinski definition) is 6. The smallest absolute Gasteiger partial charge is 0.227 e. The number of ether oxygens (including phenoxy) is 1. The topological polar surface area (TPSA) is 111 Å². The average molecular weight is 388 g/mol. The van der Waals surface area contributed by atoms with Crippen LogP contribution >= 0.6 is 0 Å². The Morgan fingerprint density at radius 3 is 2.48 bits per heavy atom. The molecule has 0 spiro atoms. The SMILES string of the molecule is CC(C)(CNO)OCC(C)(C)C(=O)NCCCCCC(=O)N1CCC(O)C1. The molecule has 8 heteroatoms. The lowest BCUT2D eigenvalue weighted by atomic mass is 9.93. The third-order valence-corrected chi connectivity index (χ3v) is 4.81. The van der Waals surface area contributed by atoms with Crippen molar-refractivity contribution in [2.75, 3.05) is 32.8 Å². The molecule has 1 heterocycles. The highest BCUT2D eigenvalue weighted by molar-refractivity contribution is 5.81. The summed E-state index contributed by atoms with van der Waals surface area (Å²) < 4.78 is 5.74. The number of carbonyl (C=O) groups excluding carboxylic acids is 2. The lowest BCUT2D eigenvalue weighted by Crippen LogP contribution is -2.44. The number of carbonyl (C=O) groups is 2. The van der Waals surface area contributed by atoms with Crippen LogP contribution < -0.4 is 10.8 Å². The first-order valence-electron chi connectivity index (χ1n) is 9.82. The van der Waals surface area contributed by atoms with Crippen LogP contribution in [0.3, 0.4) is 0 Å². The summed E-state index contributed by atoms with van der Waals surface area (Å²) in [4.78, 5) is 26.0. The van der Waals surface area contributed by atoms with E-state index in [-0.39, 0.29) is 31.1 Å². The van der Waals surface area contributed by atoms with Crippen molar-refractivity contribution in [1.82, 2.24) is 15.7 Å². The van der Waals surface area contributed by atoms with Crippen molar-refractivity contribution in [3.63, 3.8) is 0 Å². The van der Waals surface area contributed by atoms with Crippen molar-refractivity contribution >= 4 is 11.8 Å². The highest BCUT2D eigenvalue weighted by Gasteiger charge is 2.31. The summed E-state index contributed by atoms with van der Waals surface area (Å²) in [5, 5.41) is 21.2. The number of hydrogen-bond donors (Lipinski definition) is 4. The second-order valence-corrected chi connectivity index (χ2v) is 8.62. The van der Waals surface area contributed by atoms with Crippen LogP contribution in [0.25, 0.3) is 0 Å². The van der Waals surface area contributed by atoms with Crippen LogP contribution in [0.4, 0.5) is 0 Å². The van der Waals surface area contributed by atoms with Gasteiger partial charge in [-0.15, -0.1) is 0 Å². The molecular weight excluding hydrogens is 350 g/mol. The predicted octanol–water partition coefficient (Wildman–Crippen LogP) is 1.06. The molecule has 0 saturated carbocycles. The van der Waals surface area contributed by atoms with E-state index in [1.807, 2.05) is 27.7 Å². The van der Waals surface area contributed by atoms with Crippen LogP contribution in [0.1, 0.15) is 59.8 Å². The monoisotopic (exact) mass is 387 g/mol. The Labute approximate surface area is 162 Å². The maximum absolute atomic E-state index is 12.3. The molecular formula is C19H37N3O5. The van der Waals surface area contributed by atoms with Gasteiger partial charge in [0.2, 0.25) is 11.8 Å². The number of rotatable bonds is 12. The molecule has 1 rings (SSSR count). The molecule has 1 unspecified atom stereocenters. The average Bonchev–Trinajstić information content (AvgIpc) is 3.02. The van der Waals surface area contributed by atoms with Gasteiger partial charge in [0, 0.05) is 32.6 Å². The molecule has 0 aromatic carbocycles. The number of nitrogens with one attached hydrogen (secondary N) is 2. The summed E-state index contributed by atoms with van der Waals surface area (Å²) in [6, 6.07) is 0. The number of β-amino-alcohol motifs (C(OH)–C–C–N with tert-alkyl or cyclic N) is 1. The molecule has 1 atom stereocenters. The molecule has 0 aromatic heterocycles. The molecule has 4 N–H and O–H groups in total. The Bertz CT molecular complexity index is 482. The lowest BCUT2D eigenvalue weighted by Gasteiger charge is -2.30. The van der Waals surface area contributed by atoms with Gasteiger partial charge in [-0.2, -0.15) is 0 Å². The van der Waals surface area contributed by atoms with Gasteiger partial charge in [0.1, 0.15) is 0 Å². The highest BCUT2D eigenvalue weighted by atomic mass is 16.5. The zero-order chi connectivity index (χ0) is 20.5. The Morgan fingerprint density at radius 1 is 1.19 bits per heavy atom. The molecule has 2 amide bonds. The van der Waals surface area contributed by atoms with Crippen LogP contribution in [0.2, 0.25) is 0 Å². The first kappa shape index (κ1) is 23.8. The fourth-order valence-corrected chi connectivity index (χ4v) is 2.83. The summed E-state index contributed by atoms with van der Waals surface area (Å²) in [5.41, 5.74) is 0.858. The minimum Gasteiger partial charge on any atom is -0.391 e. The van der Waals surface area contributed by atoms with Crippen molar-refractivity contribution < 1.29 is 24.6 Å². The molecule has 0 aliphatic carbocycles. The standard InChI is InChI=1S/C19H37N3O5/c1-18(2,14-27-19(3,4)13-21-26)17(25)20-10-7-5-6-8-16(24)22-11-9-15(23)12-22/h15,21,23,26H,5-14H2,1-4H3,(H,20,25). The number of unbranched alkanes of at least 4 members (excludes halogenated alkanes) is 2. The van der Waals surface area contributed by atoms with Crippen LogP contribution in [-0.4, -0.2) is 71.5 Å². The Balaban J connectivity index is 2.15. The second-order valence-electron chi connectivity index (χ2n) is 8.62. The molecule has 0 radical (unpaired) electrons. The summed E-state index contributed by atoms with van der Waals surface area (Å²) in [6.45, 7) is 9.55. The minimum absolute atomic E-state index is 0.0719. The number of amides is 2. The van der Waals surface area contributed by atoms with Gasteiger partial charge in [-0.1, -0.05) is 6.42 Å². The molecule has 1 saturated heterocycles. The molecule has 1 fully saturated rings. The molecule has 27 heavy (non-hydrogen) atoms. The maximum Gasteiger partial charge on any atom is 0.227 e. The predicted molar refractivity (Wildman–Crippen MR) is 102 cm³/mol. The van der Waals surface area contributed by atoms with E-state index in [2.05, 4.69) is 10.8 Å². The van der Waals surface area contributed by atoms with Gasteiger partial charge < -0.3 is 25.3 Å². The Kier molecular flexibility index (Phi) is 9.66. The Hall–Kier alpha value is -1.22. The lowest BCUT2D eigenvalue weighted by molar-refractivity contribution is -0.137. The van der Waals surface area contributed by atoms with Crippen molar-refractivity contribution in [3.05, 3.63) is 0 Å². The van der Waals surface area contributed by atoms with Crippen molar-refractivity contribution in [2.24, 2.45) is 5.41 Å². The van der Waals surface area contributed by atoms with Crippen LogP contribution in [0, 0.1) is 5.41 Å². The van der Waals surface area contributed by atoms with Gasteiger partial charge in [-0.25, -0.2) is 5.48 Å². The van der Waals surface area contributed by atoms with Crippen LogP contribution in [-0.2, 0) is 14.3 Å². The van der Waals surface area contributed by atoms with E-state index in [0.717, 1.165) is 19.3 Å². The van der Waals surface area contributed by atoms with E-state index in [4.69, 9.17) is 9.94 Å². The van der Waals surface area contributed by atoms with E-state index in [9.17, 15) is 14.7 Å². The largest absolute Gasteiger partial charge is 0.391 e. The van der Waals surface area contributed by atoms with Gasteiger partial charge >= 0.3 is 0 Å². The van der Waals surface area contributed by atoms with E-state index in [0.29, 0.717) is 32.5 Å². The Morgan fingerprint density at radius 2 is 1.89 bits per heavy atom. The first-order valence-corrected chi connectivity index (χ1v) is 9.82. The normalized spacial score (nSPS) is 18.0. The van der Waals surface area contributed by atoms with Crippen molar-refractivity contribution in [3.8, 4) is 0 Å². The fourth-order valence-electron chi connectivity index (χ4n) is 2.83. The third kappa shape index (κ3) is 9.01. The van der Waals surface area contributed by atoms with Gasteiger partial charge in [-0.05, 0) is 47.0 Å². The highest BCUT2D eigenvalue weighted by Crippen LogP contribution is 2.20. The van der Waals surface area contributed by atoms with Crippen LogP contribution in [0.5, 0.6) is 0 Å². The molecule has 158 valence electrons. The number of hydroxylamine groups is 1. The van der Waals surface area contributed by atoms with Gasteiger partial charge in [0.05, 0.1) is 23.7 Å². The van der Waals surface area contributed by atoms with E-state index < -0.39 is 11.0 Å². The minimum atomic E-state index is -0.667. The quantitative estimate of drug-likeness (QED) is 0.294.